The van der Waals surface area contributed by atoms with Crippen LogP contribution in [0.4, 0.5) is 0 Å². The molecule has 0 amide bonds. The van der Waals surface area contributed by atoms with Crippen LogP contribution in [0.25, 0.3) is 0 Å². The highest BCUT2D eigenvalue weighted by Gasteiger charge is 2.32. The Balaban J connectivity index is 1.79. The molecule has 3 rings (SSSR count). The summed E-state index contributed by atoms with van der Waals surface area (Å²) in [6.45, 7) is 2.36. The Morgan fingerprint density at radius 2 is 1.89 bits per heavy atom. The fraction of sp³-hybridized carbons (Fsp3) is 0.529. The van der Waals surface area contributed by atoms with E-state index in [4.69, 9.17) is 0 Å². The molecule has 2 aliphatic rings. The molecule has 18 heavy (non-hydrogen) atoms. The molecule has 1 saturated heterocycles. The molecule has 1 aliphatic heterocycles. The summed E-state index contributed by atoms with van der Waals surface area (Å²) in [7, 11) is 0. The van der Waals surface area contributed by atoms with Gasteiger partial charge in [0.2, 0.25) is 0 Å². The van der Waals surface area contributed by atoms with Gasteiger partial charge in [0.25, 0.3) is 0 Å². The summed E-state index contributed by atoms with van der Waals surface area (Å²) in [5.41, 5.74) is 1.53. The number of hydrogen-bond donors (Lipinski definition) is 1. The second kappa shape index (κ2) is 5.71. The van der Waals surface area contributed by atoms with Crippen LogP contribution in [-0.2, 0) is 0 Å². The Morgan fingerprint density at radius 1 is 1.00 bits per heavy atom. The molecule has 1 aromatic carbocycles. The first-order valence-corrected chi connectivity index (χ1v) is 7.36. The lowest BCUT2D eigenvalue weighted by Gasteiger charge is -2.38. The van der Waals surface area contributed by atoms with Crippen LogP contribution >= 0.6 is 0 Å². The topological polar surface area (TPSA) is 12.0 Å². The lowest BCUT2D eigenvalue weighted by Crippen LogP contribution is -2.38. The summed E-state index contributed by atoms with van der Waals surface area (Å²) in [5, 5.41) is 3.58. The van der Waals surface area contributed by atoms with E-state index in [2.05, 4.69) is 47.8 Å². The number of allylic oxidation sites excluding steroid dienone is 2. The first-order valence-electron chi connectivity index (χ1n) is 7.36. The van der Waals surface area contributed by atoms with E-state index in [1.54, 1.807) is 0 Å². The Kier molecular flexibility index (Phi) is 3.80. The highest BCUT2D eigenvalue weighted by atomic mass is 14.9. The molecule has 1 nitrogen and oxygen atoms in total. The van der Waals surface area contributed by atoms with Crippen LogP contribution in [0.5, 0.6) is 0 Å². The van der Waals surface area contributed by atoms with E-state index in [0.29, 0.717) is 0 Å². The highest BCUT2D eigenvalue weighted by molar-refractivity contribution is 5.22. The summed E-state index contributed by atoms with van der Waals surface area (Å²) in [6.07, 6.45) is 10.1. The van der Waals surface area contributed by atoms with Crippen molar-refractivity contribution in [3.05, 3.63) is 48.0 Å². The Hall–Kier alpha value is -1.08. The van der Waals surface area contributed by atoms with Gasteiger partial charge in [0, 0.05) is 6.54 Å². The van der Waals surface area contributed by atoms with Crippen LogP contribution in [0.3, 0.4) is 0 Å². The standard InChI is InChI=1S/C17H23N/c1-3-7-14(8-4-1)16-11-12-18-13-17(16)15-9-5-2-6-10-15/h1-3,5-6,9-10,14,16-18H,4,7-8,11-13H2. The van der Waals surface area contributed by atoms with Crippen LogP contribution in [0, 0.1) is 11.8 Å². The highest BCUT2D eigenvalue weighted by Crippen LogP contribution is 2.39. The largest absolute Gasteiger partial charge is 0.316 e. The molecule has 1 N–H and O–H groups in total. The second-order valence-corrected chi connectivity index (χ2v) is 5.72. The van der Waals surface area contributed by atoms with E-state index in [9.17, 15) is 0 Å². The minimum absolute atomic E-state index is 0.719. The van der Waals surface area contributed by atoms with E-state index in [1.165, 1.54) is 37.8 Å². The third-order valence-corrected chi connectivity index (χ3v) is 4.68. The minimum Gasteiger partial charge on any atom is -0.316 e. The quantitative estimate of drug-likeness (QED) is 0.778. The van der Waals surface area contributed by atoms with Gasteiger partial charge in [0.05, 0.1) is 0 Å². The molecule has 3 unspecified atom stereocenters. The van der Waals surface area contributed by atoms with Crippen molar-refractivity contribution in [1.82, 2.24) is 5.32 Å². The number of nitrogens with one attached hydrogen (secondary N) is 1. The second-order valence-electron chi connectivity index (χ2n) is 5.72. The maximum absolute atomic E-state index is 3.58. The zero-order chi connectivity index (χ0) is 12.2. The maximum Gasteiger partial charge on any atom is 0.00229 e. The first kappa shape index (κ1) is 12.0. The molecule has 3 atom stereocenters. The Morgan fingerprint density at radius 3 is 2.67 bits per heavy atom. The summed E-state index contributed by atoms with van der Waals surface area (Å²) in [5.74, 6) is 2.50. The van der Waals surface area contributed by atoms with Gasteiger partial charge < -0.3 is 5.32 Å². The first-order chi connectivity index (χ1) is 8.95. The van der Waals surface area contributed by atoms with Crippen molar-refractivity contribution in [2.75, 3.05) is 13.1 Å². The monoisotopic (exact) mass is 241 g/mol. The van der Waals surface area contributed by atoms with Crippen LogP contribution in [0.2, 0.25) is 0 Å². The number of benzene rings is 1. The van der Waals surface area contributed by atoms with Gasteiger partial charge in [-0.2, -0.15) is 0 Å². The molecule has 0 saturated carbocycles. The van der Waals surface area contributed by atoms with Crippen molar-refractivity contribution < 1.29 is 0 Å². The van der Waals surface area contributed by atoms with Gasteiger partial charge in [0.1, 0.15) is 0 Å². The molecule has 1 fully saturated rings. The molecule has 0 aromatic heterocycles. The van der Waals surface area contributed by atoms with Gasteiger partial charge >= 0.3 is 0 Å². The SMILES string of the molecule is C1=CCC(C2CCNCC2c2ccccc2)CC1. The van der Waals surface area contributed by atoms with E-state index in [1.807, 2.05) is 0 Å². The summed E-state index contributed by atoms with van der Waals surface area (Å²) >= 11 is 0. The van der Waals surface area contributed by atoms with Crippen molar-refractivity contribution in [3.8, 4) is 0 Å². The predicted molar refractivity (Wildman–Crippen MR) is 76.6 cm³/mol. The normalized spacial score (nSPS) is 32.3. The van der Waals surface area contributed by atoms with Gasteiger partial charge in [-0.1, -0.05) is 42.5 Å². The van der Waals surface area contributed by atoms with Crippen molar-refractivity contribution in [2.24, 2.45) is 11.8 Å². The van der Waals surface area contributed by atoms with Crippen molar-refractivity contribution in [2.45, 2.75) is 31.6 Å². The van der Waals surface area contributed by atoms with Gasteiger partial charge in [-0.25, -0.2) is 0 Å². The maximum atomic E-state index is 3.58. The third kappa shape index (κ3) is 2.51. The Bertz CT molecular complexity index is 395. The van der Waals surface area contributed by atoms with Gasteiger partial charge in [0.15, 0.2) is 0 Å². The molecule has 0 radical (unpaired) electrons. The molecule has 1 aliphatic carbocycles. The van der Waals surface area contributed by atoms with E-state index in [0.717, 1.165) is 24.3 Å². The Labute approximate surface area is 110 Å². The van der Waals surface area contributed by atoms with Crippen molar-refractivity contribution >= 4 is 0 Å². The molecule has 1 heterocycles. The van der Waals surface area contributed by atoms with Crippen LogP contribution < -0.4 is 5.32 Å². The molecular formula is C17H23N. The average molecular weight is 241 g/mol. The average Bonchev–Trinajstić information content (AvgIpc) is 2.49. The van der Waals surface area contributed by atoms with E-state index >= 15 is 0 Å². The molecule has 1 aromatic rings. The molecule has 0 bridgehead atoms. The number of hydrogen-bond acceptors (Lipinski definition) is 1. The van der Waals surface area contributed by atoms with Gasteiger partial charge in [-0.3, -0.25) is 0 Å². The summed E-state index contributed by atoms with van der Waals surface area (Å²) in [4.78, 5) is 0. The summed E-state index contributed by atoms with van der Waals surface area (Å²) < 4.78 is 0. The molecule has 1 heteroatoms. The lowest BCUT2D eigenvalue weighted by molar-refractivity contribution is 0.211. The zero-order valence-electron chi connectivity index (χ0n) is 11.0. The van der Waals surface area contributed by atoms with Gasteiger partial charge in [-0.05, 0) is 55.5 Å². The molecule has 96 valence electrons. The van der Waals surface area contributed by atoms with Crippen LogP contribution in [-0.4, -0.2) is 13.1 Å². The number of rotatable bonds is 2. The summed E-state index contributed by atoms with van der Waals surface area (Å²) in [6, 6.07) is 11.1. The van der Waals surface area contributed by atoms with Gasteiger partial charge in [-0.15, -0.1) is 0 Å². The van der Waals surface area contributed by atoms with Crippen LogP contribution in [0.15, 0.2) is 42.5 Å². The lowest BCUT2D eigenvalue weighted by atomic mass is 9.70. The third-order valence-electron chi connectivity index (χ3n) is 4.68. The van der Waals surface area contributed by atoms with Crippen molar-refractivity contribution in [3.63, 3.8) is 0 Å². The van der Waals surface area contributed by atoms with Crippen LogP contribution in [0.1, 0.15) is 37.2 Å². The molecule has 0 spiro atoms. The zero-order valence-corrected chi connectivity index (χ0v) is 11.0. The predicted octanol–water partition coefficient (Wildman–Crippen LogP) is 3.74. The fourth-order valence-electron chi connectivity index (χ4n) is 3.71. The minimum atomic E-state index is 0.719. The van der Waals surface area contributed by atoms with E-state index < -0.39 is 0 Å². The fourth-order valence-corrected chi connectivity index (χ4v) is 3.71. The number of piperidine rings is 1. The molecular weight excluding hydrogens is 218 g/mol. The van der Waals surface area contributed by atoms with Crippen molar-refractivity contribution in [1.29, 1.82) is 0 Å². The van der Waals surface area contributed by atoms with E-state index in [-0.39, 0.29) is 0 Å². The smallest absolute Gasteiger partial charge is 0.00229 e.